The average Bonchev–Trinajstić information content (AvgIpc) is 3.21. The van der Waals surface area contributed by atoms with Crippen molar-refractivity contribution in [3.8, 4) is 0 Å². The van der Waals surface area contributed by atoms with Crippen molar-refractivity contribution in [2.75, 3.05) is 5.75 Å². The van der Waals surface area contributed by atoms with Crippen LogP contribution in [0, 0.1) is 5.92 Å². The molecular formula is C26H34N4OS. The van der Waals surface area contributed by atoms with E-state index >= 15 is 0 Å². The predicted octanol–water partition coefficient (Wildman–Crippen LogP) is 5.78. The van der Waals surface area contributed by atoms with E-state index in [2.05, 4.69) is 83.3 Å². The van der Waals surface area contributed by atoms with Crippen LogP contribution in [-0.4, -0.2) is 32.5 Å². The molecule has 1 N–H and O–H groups in total. The summed E-state index contributed by atoms with van der Waals surface area (Å²) in [5.41, 5.74) is 1.27. The highest BCUT2D eigenvalue weighted by Gasteiger charge is 2.24. The Balaban J connectivity index is 1.57. The van der Waals surface area contributed by atoms with Crippen molar-refractivity contribution >= 4 is 28.4 Å². The van der Waals surface area contributed by atoms with Crippen molar-refractivity contribution < 1.29 is 4.79 Å². The Morgan fingerprint density at radius 3 is 2.59 bits per heavy atom. The van der Waals surface area contributed by atoms with Crippen molar-refractivity contribution in [3.05, 3.63) is 53.9 Å². The zero-order chi connectivity index (χ0) is 22.5. The number of amides is 1. The van der Waals surface area contributed by atoms with Gasteiger partial charge >= 0.3 is 0 Å². The van der Waals surface area contributed by atoms with Gasteiger partial charge in [0.05, 0.1) is 5.75 Å². The molecule has 32 heavy (non-hydrogen) atoms. The maximum absolute atomic E-state index is 12.5. The summed E-state index contributed by atoms with van der Waals surface area (Å²) < 4.78 is 2.34. The van der Waals surface area contributed by atoms with Crippen molar-refractivity contribution in [2.45, 2.75) is 76.5 Å². The van der Waals surface area contributed by atoms with Crippen LogP contribution in [0.4, 0.5) is 0 Å². The number of carbonyl (C=O) groups excluding carboxylic acids is 1. The highest BCUT2D eigenvalue weighted by Crippen LogP contribution is 2.33. The SMILES string of the molecule is CC(C)[C@H](C)NC(=O)CSc1nnc(Cc2cccc3ccccc23)n1C1CCCCC1. The maximum Gasteiger partial charge on any atom is 0.230 e. The highest BCUT2D eigenvalue weighted by molar-refractivity contribution is 7.99. The molecule has 0 aliphatic heterocycles. The van der Waals surface area contributed by atoms with Crippen molar-refractivity contribution in [1.29, 1.82) is 0 Å². The summed E-state index contributed by atoms with van der Waals surface area (Å²) in [6.07, 6.45) is 6.85. The normalized spacial score (nSPS) is 15.9. The Hall–Kier alpha value is -2.34. The molecule has 2 aromatic carbocycles. The van der Waals surface area contributed by atoms with Crippen molar-refractivity contribution in [3.63, 3.8) is 0 Å². The molecule has 4 rings (SSSR count). The second-order valence-electron chi connectivity index (χ2n) is 9.26. The molecule has 1 fully saturated rings. The molecule has 1 aliphatic rings. The van der Waals surface area contributed by atoms with E-state index < -0.39 is 0 Å². The summed E-state index contributed by atoms with van der Waals surface area (Å²) in [5, 5.41) is 15.7. The standard InChI is InChI=1S/C26H34N4OS/c1-18(2)19(3)27-25(31)17-32-26-29-28-24(30(26)22-13-5-4-6-14-22)16-21-12-9-11-20-10-7-8-15-23(20)21/h7-12,15,18-19,22H,4-6,13-14,16-17H2,1-3H3,(H,27,31)/t19-/m0/s1. The second kappa shape index (κ2) is 10.5. The Labute approximate surface area is 195 Å². The number of carbonyl (C=O) groups is 1. The maximum atomic E-state index is 12.5. The highest BCUT2D eigenvalue weighted by atomic mass is 32.2. The second-order valence-corrected chi connectivity index (χ2v) is 10.2. The summed E-state index contributed by atoms with van der Waals surface area (Å²) in [6.45, 7) is 6.30. The summed E-state index contributed by atoms with van der Waals surface area (Å²) in [4.78, 5) is 12.5. The molecule has 1 atom stereocenters. The number of nitrogens with zero attached hydrogens (tertiary/aromatic N) is 3. The van der Waals surface area contributed by atoms with Gasteiger partial charge in [-0.2, -0.15) is 0 Å². The molecule has 5 nitrogen and oxygen atoms in total. The monoisotopic (exact) mass is 450 g/mol. The third kappa shape index (κ3) is 5.34. The van der Waals surface area contributed by atoms with E-state index in [0.717, 1.165) is 30.2 Å². The van der Waals surface area contributed by atoms with Gasteiger partial charge in [-0.1, -0.05) is 87.3 Å². The predicted molar refractivity (Wildman–Crippen MR) is 132 cm³/mol. The molecule has 0 radical (unpaired) electrons. The molecule has 1 heterocycles. The van der Waals surface area contributed by atoms with E-state index in [1.54, 1.807) is 0 Å². The van der Waals surface area contributed by atoms with Crippen LogP contribution in [0.25, 0.3) is 10.8 Å². The van der Waals surface area contributed by atoms with Crippen LogP contribution in [-0.2, 0) is 11.2 Å². The van der Waals surface area contributed by atoms with Gasteiger partial charge in [-0.3, -0.25) is 4.79 Å². The molecule has 0 bridgehead atoms. The molecule has 1 aromatic heterocycles. The van der Waals surface area contributed by atoms with Gasteiger partial charge in [0.2, 0.25) is 5.91 Å². The summed E-state index contributed by atoms with van der Waals surface area (Å²) in [5.74, 6) is 1.86. The Bertz CT molecular complexity index is 1050. The third-order valence-electron chi connectivity index (χ3n) is 6.62. The first-order valence-electron chi connectivity index (χ1n) is 11.9. The van der Waals surface area contributed by atoms with Gasteiger partial charge in [0.25, 0.3) is 0 Å². The lowest BCUT2D eigenvalue weighted by molar-refractivity contribution is -0.119. The van der Waals surface area contributed by atoms with Gasteiger partial charge in [0.15, 0.2) is 5.16 Å². The lowest BCUT2D eigenvalue weighted by Gasteiger charge is -2.26. The number of thioether (sulfide) groups is 1. The molecule has 1 saturated carbocycles. The van der Waals surface area contributed by atoms with E-state index in [-0.39, 0.29) is 11.9 Å². The first-order valence-corrected chi connectivity index (χ1v) is 12.8. The number of fused-ring (bicyclic) bond motifs is 1. The first kappa shape index (κ1) is 22.8. The van der Waals surface area contributed by atoms with Crippen LogP contribution in [0.1, 0.15) is 70.3 Å². The van der Waals surface area contributed by atoms with Gasteiger partial charge in [-0.15, -0.1) is 10.2 Å². The lowest BCUT2D eigenvalue weighted by atomic mass is 9.95. The van der Waals surface area contributed by atoms with E-state index in [1.807, 2.05) is 0 Å². The Morgan fingerprint density at radius 2 is 1.81 bits per heavy atom. The molecular weight excluding hydrogens is 416 g/mol. The minimum atomic E-state index is 0.0602. The van der Waals surface area contributed by atoms with Crippen LogP contribution in [0.5, 0.6) is 0 Å². The zero-order valence-corrected chi connectivity index (χ0v) is 20.2. The average molecular weight is 451 g/mol. The van der Waals surface area contributed by atoms with Crippen LogP contribution >= 0.6 is 11.8 Å². The molecule has 170 valence electrons. The fourth-order valence-electron chi connectivity index (χ4n) is 4.44. The van der Waals surface area contributed by atoms with Crippen LogP contribution in [0.3, 0.4) is 0 Å². The number of nitrogens with one attached hydrogen (secondary N) is 1. The van der Waals surface area contributed by atoms with Gasteiger partial charge in [-0.05, 0) is 42.0 Å². The molecule has 0 spiro atoms. The number of rotatable bonds is 8. The quantitative estimate of drug-likeness (QED) is 0.442. The minimum absolute atomic E-state index is 0.0602. The first-order chi connectivity index (χ1) is 15.5. The van der Waals surface area contributed by atoms with Crippen molar-refractivity contribution in [1.82, 2.24) is 20.1 Å². The number of hydrogen-bond acceptors (Lipinski definition) is 4. The lowest BCUT2D eigenvalue weighted by Crippen LogP contribution is -2.37. The van der Waals surface area contributed by atoms with E-state index in [4.69, 9.17) is 0 Å². The van der Waals surface area contributed by atoms with E-state index in [9.17, 15) is 4.79 Å². The van der Waals surface area contributed by atoms with E-state index in [0.29, 0.717) is 17.7 Å². The molecule has 3 aromatic rings. The van der Waals surface area contributed by atoms with Crippen LogP contribution in [0.2, 0.25) is 0 Å². The van der Waals surface area contributed by atoms with Crippen LogP contribution < -0.4 is 5.32 Å². The van der Waals surface area contributed by atoms with Crippen molar-refractivity contribution in [2.24, 2.45) is 5.92 Å². The fraction of sp³-hybridized carbons (Fsp3) is 0.500. The molecule has 6 heteroatoms. The van der Waals surface area contributed by atoms with Gasteiger partial charge in [0, 0.05) is 18.5 Å². The molecule has 1 aliphatic carbocycles. The largest absolute Gasteiger partial charge is 0.353 e. The zero-order valence-electron chi connectivity index (χ0n) is 19.4. The molecule has 0 unspecified atom stereocenters. The number of hydrogen-bond donors (Lipinski definition) is 1. The third-order valence-corrected chi connectivity index (χ3v) is 7.57. The fourth-order valence-corrected chi connectivity index (χ4v) is 5.28. The Kier molecular flexibility index (Phi) is 7.51. The number of aromatic nitrogens is 3. The van der Waals surface area contributed by atoms with Gasteiger partial charge < -0.3 is 9.88 Å². The minimum Gasteiger partial charge on any atom is -0.353 e. The van der Waals surface area contributed by atoms with E-state index in [1.165, 1.54) is 47.4 Å². The number of benzene rings is 2. The van der Waals surface area contributed by atoms with Crippen LogP contribution in [0.15, 0.2) is 47.6 Å². The Morgan fingerprint density at radius 1 is 1.06 bits per heavy atom. The molecule has 0 saturated heterocycles. The van der Waals surface area contributed by atoms with Gasteiger partial charge in [-0.25, -0.2) is 0 Å². The van der Waals surface area contributed by atoms with Gasteiger partial charge in [0.1, 0.15) is 5.82 Å². The summed E-state index contributed by atoms with van der Waals surface area (Å²) in [6, 6.07) is 15.6. The summed E-state index contributed by atoms with van der Waals surface area (Å²) >= 11 is 1.51. The molecule has 1 amide bonds. The smallest absolute Gasteiger partial charge is 0.230 e. The summed E-state index contributed by atoms with van der Waals surface area (Å²) in [7, 11) is 0. The topological polar surface area (TPSA) is 59.8 Å².